The standard InChI is InChI=1S/C29H33N3O6/c1-34-23-12-7-8-13-24(23)38-17-9-16-32-22-11-6-5-10-21(22)31-27(32)14-15-30-29(33)20-18-25(35-2)28(37-4)26(19-20)36-3/h5-8,10-13,18-19H,9,14-17H2,1-4H3,(H,30,33). The molecule has 9 heteroatoms. The van der Waals surface area contributed by atoms with Gasteiger partial charge in [0, 0.05) is 25.1 Å². The minimum Gasteiger partial charge on any atom is -0.493 e. The fourth-order valence-electron chi connectivity index (χ4n) is 4.31. The van der Waals surface area contributed by atoms with Crippen LogP contribution in [0, 0.1) is 0 Å². The molecule has 1 amide bonds. The molecule has 0 spiro atoms. The number of nitrogens with one attached hydrogen (secondary N) is 1. The van der Waals surface area contributed by atoms with Crippen molar-refractivity contribution < 1.29 is 28.5 Å². The molecule has 200 valence electrons. The highest BCUT2D eigenvalue weighted by atomic mass is 16.5. The SMILES string of the molecule is COc1ccccc1OCCCn1c(CCNC(=O)c2cc(OC)c(OC)c(OC)c2)nc2ccccc21. The Bertz CT molecular complexity index is 1360. The molecule has 0 aliphatic rings. The molecule has 0 fully saturated rings. The summed E-state index contributed by atoms with van der Waals surface area (Å²) in [6, 6.07) is 18.9. The van der Waals surface area contributed by atoms with Gasteiger partial charge < -0.3 is 33.6 Å². The molecular weight excluding hydrogens is 486 g/mol. The number of benzene rings is 3. The van der Waals surface area contributed by atoms with Crippen LogP contribution in [0.25, 0.3) is 11.0 Å². The van der Waals surface area contributed by atoms with Gasteiger partial charge in [0.1, 0.15) is 5.82 Å². The summed E-state index contributed by atoms with van der Waals surface area (Å²) in [4.78, 5) is 17.7. The van der Waals surface area contributed by atoms with Crippen LogP contribution in [0.5, 0.6) is 28.7 Å². The van der Waals surface area contributed by atoms with Crippen LogP contribution in [0.4, 0.5) is 0 Å². The summed E-state index contributed by atoms with van der Waals surface area (Å²) in [5.74, 6) is 3.38. The quantitative estimate of drug-likeness (QED) is 0.260. The molecule has 0 atom stereocenters. The Morgan fingerprint density at radius 3 is 2.18 bits per heavy atom. The number of rotatable bonds is 13. The molecule has 0 aliphatic carbocycles. The highest BCUT2D eigenvalue weighted by Crippen LogP contribution is 2.38. The molecule has 4 rings (SSSR count). The van der Waals surface area contributed by atoms with Crippen molar-refractivity contribution in [2.24, 2.45) is 0 Å². The molecule has 0 saturated carbocycles. The van der Waals surface area contributed by atoms with Crippen molar-refractivity contribution in [3.8, 4) is 28.7 Å². The first-order valence-electron chi connectivity index (χ1n) is 12.4. The Balaban J connectivity index is 1.41. The Hall–Kier alpha value is -4.40. The minimum atomic E-state index is -0.239. The van der Waals surface area contributed by atoms with Crippen LogP contribution < -0.4 is 29.0 Å². The Kier molecular flexibility index (Phi) is 8.92. The van der Waals surface area contributed by atoms with E-state index in [4.69, 9.17) is 28.7 Å². The maximum absolute atomic E-state index is 12.9. The van der Waals surface area contributed by atoms with Crippen LogP contribution in [-0.2, 0) is 13.0 Å². The van der Waals surface area contributed by atoms with Crippen LogP contribution in [0.15, 0.2) is 60.7 Å². The number of hydrogen-bond donors (Lipinski definition) is 1. The number of methoxy groups -OCH3 is 4. The first-order chi connectivity index (χ1) is 18.6. The monoisotopic (exact) mass is 519 g/mol. The van der Waals surface area contributed by atoms with E-state index in [1.807, 2.05) is 42.5 Å². The third kappa shape index (κ3) is 5.94. The van der Waals surface area contributed by atoms with E-state index in [0.29, 0.717) is 48.1 Å². The number of aryl methyl sites for hydroxylation is 1. The molecule has 0 unspecified atom stereocenters. The van der Waals surface area contributed by atoms with Crippen LogP contribution in [0.3, 0.4) is 0 Å². The van der Waals surface area contributed by atoms with Gasteiger partial charge in [0.2, 0.25) is 5.75 Å². The number of carbonyl (C=O) groups excluding carboxylic acids is 1. The predicted molar refractivity (Wildman–Crippen MR) is 145 cm³/mol. The molecular formula is C29H33N3O6. The third-order valence-corrected chi connectivity index (χ3v) is 6.15. The molecule has 0 radical (unpaired) electrons. The van der Waals surface area contributed by atoms with E-state index in [1.54, 1.807) is 19.2 Å². The fourth-order valence-corrected chi connectivity index (χ4v) is 4.31. The fraction of sp³-hybridized carbons (Fsp3) is 0.310. The first-order valence-corrected chi connectivity index (χ1v) is 12.4. The Morgan fingerprint density at radius 1 is 0.842 bits per heavy atom. The van der Waals surface area contributed by atoms with Crippen molar-refractivity contribution in [1.29, 1.82) is 0 Å². The number of carbonyl (C=O) groups is 1. The molecule has 3 aromatic carbocycles. The summed E-state index contributed by atoms with van der Waals surface area (Å²) in [6.07, 6.45) is 1.35. The van der Waals surface area contributed by atoms with Crippen LogP contribution in [-0.4, -0.2) is 57.0 Å². The van der Waals surface area contributed by atoms with E-state index in [-0.39, 0.29) is 5.91 Å². The van der Waals surface area contributed by atoms with Crippen molar-refractivity contribution in [3.05, 3.63) is 72.1 Å². The van der Waals surface area contributed by atoms with Crippen molar-refractivity contribution in [2.75, 3.05) is 41.6 Å². The van der Waals surface area contributed by atoms with Crippen molar-refractivity contribution >= 4 is 16.9 Å². The number of hydrogen-bond acceptors (Lipinski definition) is 7. The van der Waals surface area contributed by atoms with Gasteiger partial charge in [0.15, 0.2) is 23.0 Å². The summed E-state index contributed by atoms with van der Waals surface area (Å²) in [6.45, 7) is 1.67. The number of imidazole rings is 1. The lowest BCUT2D eigenvalue weighted by Gasteiger charge is -2.14. The molecule has 4 aromatic rings. The second kappa shape index (κ2) is 12.7. The van der Waals surface area contributed by atoms with E-state index in [0.717, 1.165) is 35.6 Å². The van der Waals surface area contributed by atoms with E-state index in [2.05, 4.69) is 16.0 Å². The molecule has 0 bridgehead atoms. The van der Waals surface area contributed by atoms with Gasteiger partial charge in [0.25, 0.3) is 5.91 Å². The zero-order valence-corrected chi connectivity index (χ0v) is 22.2. The predicted octanol–water partition coefficient (Wildman–Crippen LogP) is 4.51. The maximum Gasteiger partial charge on any atom is 0.251 e. The highest BCUT2D eigenvalue weighted by molar-refractivity contribution is 5.95. The molecule has 9 nitrogen and oxygen atoms in total. The minimum absolute atomic E-state index is 0.239. The average Bonchev–Trinajstić information content (AvgIpc) is 3.31. The zero-order chi connectivity index (χ0) is 26.9. The smallest absolute Gasteiger partial charge is 0.251 e. The van der Waals surface area contributed by atoms with Crippen molar-refractivity contribution in [2.45, 2.75) is 19.4 Å². The zero-order valence-electron chi connectivity index (χ0n) is 22.2. The second-order valence-electron chi connectivity index (χ2n) is 8.44. The summed E-state index contributed by atoms with van der Waals surface area (Å²) in [5, 5.41) is 2.98. The Labute approximate surface area is 222 Å². The average molecular weight is 520 g/mol. The van der Waals surface area contributed by atoms with E-state index >= 15 is 0 Å². The van der Waals surface area contributed by atoms with Gasteiger partial charge in [-0.25, -0.2) is 4.98 Å². The van der Waals surface area contributed by atoms with Gasteiger partial charge >= 0.3 is 0 Å². The Morgan fingerprint density at radius 2 is 1.50 bits per heavy atom. The lowest BCUT2D eigenvalue weighted by Crippen LogP contribution is -2.26. The van der Waals surface area contributed by atoms with Gasteiger partial charge in [-0.05, 0) is 42.8 Å². The number of para-hydroxylation sites is 4. The molecule has 0 saturated heterocycles. The van der Waals surface area contributed by atoms with Crippen molar-refractivity contribution in [1.82, 2.24) is 14.9 Å². The number of nitrogens with zero attached hydrogens (tertiary/aromatic N) is 2. The summed E-state index contributed by atoms with van der Waals surface area (Å²) in [7, 11) is 6.19. The van der Waals surface area contributed by atoms with E-state index in [1.165, 1.54) is 21.3 Å². The summed E-state index contributed by atoms with van der Waals surface area (Å²) >= 11 is 0. The van der Waals surface area contributed by atoms with Gasteiger partial charge in [-0.3, -0.25) is 4.79 Å². The highest BCUT2D eigenvalue weighted by Gasteiger charge is 2.17. The normalized spacial score (nSPS) is 10.7. The van der Waals surface area contributed by atoms with Gasteiger partial charge in [-0.1, -0.05) is 24.3 Å². The number of amides is 1. The van der Waals surface area contributed by atoms with Crippen LogP contribution in [0.1, 0.15) is 22.6 Å². The first kappa shape index (κ1) is 26.7. The van der Waals surface area contributed by atoms with Gasteiger partial charge in [-0.2, -0.15) is 0 Å². The number of aromatic nitrogens is 2. The van der Waals surface area contributed by atoms with Gasteiger partial charge in [0.05, 0.1) is 46.1 Å². The summed E-state index contributed by atoms with van der Waals surface area (Å²) in [5.41, 5.74) is 2.39. The van der Waals surface area contributed by atoms with E-state index in [9.17, 15) is 4.79 Å². The molecule has 1 heterocycles. The van der Waals surface area contributed by atoms with Crippen molar-refractivity contribution in [3.63, 3.8) is 0 Å². The second-order valence-corrected chi connectivity index (χ2v) is 8.44. The van der Waals surface area contributed by atoms with Crippen LogP contribution >= 0.6 is 0 Å². The third-order valence-electron chi connectivity index (χ3n) is 6.15. The molecule has 38 heavy (non-hydrogen) atoms. The summed E-state index contributed by atoms with van der Waals surface area (Å²) < 4.78 is 29.6. The maximum atomic E-state index is 12.9. The topological polar surface area (TPSA) is 93.1 Å². The molecule has 1 N–H and O–H groups in total. The number of fused-ring (bicyclic) bond motifs is 1. The van der Waals surface area contributed by atoms with E-state index < -0.39 is 0 Å². The van der Waals surface area contributed by atoms with Gasteiger partial charge in [-0.15, -0.1) is 0 Å². The van der Waals surface area contributed by atoms with Crippen LogP contribution in [0.2, 0.25) is 0 Å². The lowest BCUT2D eigenvalue weighted by atomic mass is 10.1. The molecule has 0 aliphatic heterocycles. The largest absolute Gasteiger partial charge is 0.493 e. The lowest BCUT2D eigenvalue weighted by molar-refractivity contribution is 0.0953. The number of ether oxygens (including phenoxy) is 5. The molecule has 1 aromatic heterocycles.